The summed E-state index contributed by atoms with van der Waals surface area (Å²) in [6.45, 7) is 1.43. The van der Waals surface area contributed by atoms with E-state index in [0.29, 0.717) is 34.9 Å². The maximum Gasteiger partial charge on any atom is 0.202 e. The molecule has 146 valence electrons. The molecule has 0 aliphatic carbocycles. The van der Waals surface area contributed by atoms with E-state index in [9.17, 15) is 9.60 Å². The van der Waals surface area contributed by atoms with E-state index in [1.54, 1.807) is 12.3 Å². The molecule has 8 nitrogen and oxygen atoms in total. The van der Waals surface area contributed by atoms with Gasteiger partial charge in [-0.2, -0.15) is 4.98 Å². The Labute approximate surface area is 164 Å². The Hall–Kier alpha value is -2.91. The molecule has 2 aromatic heterocycles. The lowest BCUT2D eigenvalue weighted by Gasteiger charge is -2.10. The number of aromatic amines is 1. The zero-order valence-electron chi connectivity index (χ0n) is 14.7. The van der Waals surface area contributed by atoms with Gasteiger partial charge in [0.2, 0.25) is 5.95 Å². The number of nitrogens with zero attached hydrogens (tertiary/aromatic N) is 3. The molecule has 0 unspecified atom stereocenters. The minimum Gasteiger partial charge on any atom is -0.409 e. The molecule has 28 heavy (non-hydrogen) atoms. The van der Waals surface area contributed by atoms with E-state index in [1.807, 2.05) is 0 Å². The highest BCUT2D eigenvalue weighted by molar-refractivity contribution is 6.31. The van der Waals surface area contributed by atoms with E-state index in [-0.39, 0.29) is 17.0 Å². The number of hydrogen-bond donors (Lipinski definition) is 4. The molecule has 1 fully saturated rings. The number of hydrogen-bond acceptors (Lipinski definition) is 6. The molecule has 3 heterocycles. The SMILES string of the molecule is O/N=C(\Nc1ccc(F)c(Cl)c1)c1ccnc2nc(NC[C@@H]3CCCO3)[nH]c12. The van der Waals surface area contributed by atoms with Crippen molar-refractivity contribution >= 4 is 40.2 Å². The fraction of sp³-hybridized carbons (Fsp3) is 0.278. The standard InChI is InChI=1S/C18H18ClFN6O2/c19-13-8-10(3-4-14(13)20)23-16(26-27)12-5-6-21-17-15(12)24-18(25-17)22-9-11-2-1-7-28-11/h3-6,8,11,27H,1-2,7,9H2,(H,23,26)(H2,21,22,24,25)/t11-/m0/s1. The van der Waals surface area contributed by atoms with Crippen LogP contribution in [0.3, 0.4) is 0 Å². The number of nitrogens with one attached hydrogen (secondary N) is 3. The third-order valence-corrected chi connectivity index (χ3v) is 4.74. The Morgan fingerprint density at radius 3 is 3.07 bits per heavy atom. The number of H-pyrrole nitrogens is 1. The van der Waals surface area contributed by atoms with Crippen molar-refractivity contribution in [1.29, 1.82) is 0 Å². The van der Waals surface area contributed by atoms with Crippen LogP contribution in [0.1, 0.15) is 18.4 Å². The van der Waals surface area contributed by atoms with Crippen LogP contribution in [-0.2, 0) is 4.74 Å². The predicted molar refractivity (Wildman–Crippen MR) is 105 cm³/mol. The van der Waals surface area contributed by atoms with E-state index in [0.717, 1.165) is 19.4 Å². The summed E-state index contributed by atoms with van der Waals surface area (Å²) in [6.07, 6.45) is 3.81. The van der Waals surface area contributed by atoms with Gasteiger partial charge in [0.1, 0.15) is 5.82 Å². The molecule has 3 aromatic rings. The van der Waals surface area contributed by atoms with E-state index < -0.39 is 5.82 Å². The summed E-state index contributed by atoms with van der Waals surface area (Å²) in [5.74, 6) is 0.161. The number of rotatable bonds is 5. The topological polar surface area (TPSA) is 107 Å². The molecular formula is C18H18ClFN6O2. The highest BCUT2D eigenvalue weighted by Gasteiger charge is 2.17. The lowest BCUT2D eigenvalue weighted by molar-refractivity contribution is 0.120. The molecule has 0 amide bonds. The van der Waals surface area contributed by atoms with Gasteiger partial charge < -0.3 is 25.6 Å². The van der Waals surface area contributed by atoms with Crippen molar-refractivity contribution in [1.82, 2.24) is 15.0 Å². The maximum absolute atomic E-state index is 13.4. The van der Waals surface area contributed by atoms with Gasteiger partial charge in [-0.15, -0.1) is 0 Å². The van der Waals surface area contributed by atoms with Gasteiger partial charge in [-0.1, -0.05) is 16.8 Å². The van der Waals surface area contributed by atoms with Gasteiger partial charge in [-0.3, -0.25) is 0 Å². The molecule has 0 bridgehead atoms. The Bertz CT molecular complexity index is 1020. The van der Waals surface area contributed by atoms with E-state index in [1.165, 1.54) is 18.2 Å². The summed E-state index contributed by atoms with van der Waals surface area (Å²) in [6, 6.07) is 5.80. The van der Waals surface area contributed by atoms with Crippen molar-refractivity contribution in [3.63, 3.8) is 0 Å². The largest absolute Gasteiger partial charge is 0.409 e. The van der Waals surface area contributed by atoms with Gasteiger partial charge in [-0.05, 0) is 37.1 Å². The lowest BCUT2D eigenvalue weighted by atomic mass is 10.2. The Kier molecular flexibility index (Phi) is 5.27. The average molecular weight is 405 g/mol. The molecule has 1 aromatic carbocycles. The summed E-state index contributed by atoms with van der Waals surface area (Å²) in [7, 11) is 0. The number of amidine groups is 1. The Morgan fingerprint density at radius 1 is 1.43 bits per heavy atom. The molecule has 4 N–H and O–H groups in total. The normalized spacial score (nSPS) is 17.2. The number of anilines is 2. The second-order valence-corrected chi connectivity index (χ2v) is 6.77. The number of fused-ring (bicyclic) bond motifs is 1. The van der Waals surface area contributed by atoms with Gasteiger partial charge >= 0.3 is 0 Å². The average Bonchev–Trinajstić information content (AvgIpc) is 3.36. The van der Waals surface area contributed by atoms with Crippen LogP contribution in [0.5, 0.6) is 0 Å². The molecule has 4 rings (SSSR count). The van der Waals surface area contributed by atoms with Crippen LogP contribution in [0, 0.1) is 5.82 Å². The van der Waals surface area contributed by atoms with Crippen LogP contribution in [0.4, 0.5) is 16.0 Å². The summed E-state index contributed by atoms with van der Waals surface area (Å²) >= 11 is 5.81. The number of imidazole rings is 1. The number of halogens is 2. The number of ether oxygens (including phenoxy) is 1. The second kappa shape index (κ2) is 7.99. The van der Waals surface area contributed by atoms with Crippen LogP contribution < -0.4 is 10.6 Å². The summed E-state index contributed by atoms with van der Waals surface area (Å²) in [5.41, 5.74) is 2.07. The highest BCUT2D eigenvalue weighted by atomic mass is 35.5. The van der Waals surface area contributed by atoms with Crippen LogP contribution in [0.2, 0.25) is 5.02 Å². The van der Waals surface area contributed by atoms with Crippen molar-refractivity contribution in [2.24, 2.45) is 5.16 Å². The smallest absolute Gasteiger partial charge is 0.202 e. The summed E-state index contributed by atoms with van der Waals surface area (Å²) < 4.78 is 19.0. The third kappa shape index (κ3) is 3.85. The zero-order valence-corrected chi connectivity index (χ0v) is 15.5. The van der Waals surface area contributed by atoms with Gasteiger partial charge in [0.05, 0.1) is 16.6 Å². The fourth-order valence-corrected chi connectivity index (χ4v) is 3.25. The van der Waals surface area contributed by atoms with Crippen molar-refractivity contribution in [2.45, 2.75) is 18.9 Å². The minimum absolute atomic E-state index is 0.0377. The zero-order chi connectivity index (χ0) is 19.5. The van der Waals surface area contributed by atoms with Crippen molar-refractivity contribution in [3.8, 4) is 0 Å². The maximum atomic E-state index is 13.4. The second-order valence-electron chi connectivity index (χ2n) is 6.36. The first kappa shape index (κ1) is 18.5. The Morgan fingerprint density at radius 2 is 2.32 bits per heavy atom. The number of oxime groups is 1. The first-order valence-electron chi connectivity index (χ1n) is 8.79. The molecular weight excluding hydrogens is 387 g/mol. The summed E-state index contributed by atoms with van der Waals surface area (Å²) in [5, 5.41) is 18.9. The van der Waals surface area contributed by atoms with Gasteiger partial charge in [-0.25, -0.2) is 9.37 Å². The number of pyridine rings is 1. The van der Waals surface area contributed by atoms with Crippen LogP contribution in [0.15, 0.2) is 35.6 Å². The molecule has 10 heteroatoms. The number of benzene rings is 1. The third-order valence-electron chi connectivity index (χ3n) is 4.45. The van der Waals surface area contributed by atoms with Crippen LogP contribution in [0.25, 0.3) is 11.2 Å². The van der Waals surface area contributed by atoms with Crippen molar-refractivity contribution in [2.75, 3.05) is 23.8 Å². The molecule has 1 aliphatic rings. The van der Waals surface area contributed by atoms with Crippen molar-refractivity contribution in [3.05, 3.63) is 46.9 Å². The van der Waals surface area contributed by atoms with Gasteiger partial charge in [0, 0.05) is 30.6 Å². The highest BCUT2D eigenvalue weighted by Crippen LogP contribution is 2.22. The van der Waals surface area contributed by atoms with Crippen molar-refractivity contribution < 1.29 is 14.3 Å². The van der Waals surface area contributed by atoms with E-state index in [2.05, 4.69) is 30.7 Å². The first-order valence-corrected chi connectivity index (χ1v) is 9.16. The molecule has 0 radical (unpaired) electrons. The fourth-order valence-electron chi connectivity index (χ4n) is 3.06. The molecule has 0 saturated carbocycles. The summed E-state index contributed by atoms with van der Waals surface area (Å²) in [4.78, 5) is 11.8. The monoisotopic (exact) mass is 404 g/mol. The number of aromatic nitrogens is 3. The molecule has 1 saturated heterocycles. The molecule has 1 atom stereocenters. The van der Waals surface area contributed by atoms with Gasteiger partial charge in [0.15, 0.2) is 11.5 Å². The van der Waals surface area contributed by atoms with Crippen LogP contribution >= 0.6 is 11.6 Å². The predicted octanol–water partition coefficient (Wildman–Crippen LogP) is 3.59. The van der Waals surface area contributed by atoms with Crippen LogP contribution in [-0.4, -0.2) is 45.3 Å². The minimum atomic E-state index is -0.531. The van der Waals surface area contributed by atoms with Gasteiger partial charge in [0.25, 0.3) is 0 Å². The first-order chi connectivity index (χ1) is 13.6. The quantitative estimate of drug-likeness (QED) is 0.224. The van der Waals surface area contributed by atoms with E-state index in [4.69, 9.17) is 16.3 Å². The molecule has 0 spiro atoms. The molecule has 1 aliphatic heterocycles. The van der Waals surface area contributed by atoms with E-state index >= 15 is 0 Å². The Balaban J connectivity index is 1.58. The lowest BCUT2D eigenvalue weighted by Crippen LogP contribution is -2.18.